The topological polar surface area (TPSA) is 19.0 Å². The molecule has 1 unspecified atom stereocenters. The normalized spacial score (nSPS) is 37.4. The summed E-state index contributed by atoms with van der Waals surface area (Å²) >= 11 is 0. The van der Waals surface area contributed by atoms with Crippen LogP contribution in [0.3, 0.4) is 0 Å². The van der Waals surface area contributed by atoms with Crippen molar-refractivity contribution in [1.29, 1.82) is 0 Å². The Morgan fingerprint density at radius 1 is 1.05 bits per heavy atom. The molecule has 0 aromatic heterocycles. The SMILES string of the molecule is CN1CC2COCCN2C2(C1)CN(C1CCCC1)C2. The van der Waals surface area contributed by atoms with Crippen LogP contribution >= 0.6 is 0 Å². The van der Waals surface area contributed by atoms with E-state index in [1.54, 1.807) is 0 Å². The van der Waals surface area contributed by atoms with Crippen LogP contribution in [0.4, 0.5) is 0 Å². The van der Waals surface area contributed by atoms with E-state index >= 15 is 0 Å². The van der Waals surface area contributed by atoms with Crippen LogP contribution in [0.5, 0.6) is 0 Å². The number of nitrogens with zero attached hydrogens (tertiary/aromatic N) is 3. The highest BCUT2D eigenvalue weighted by molar-refractivity contribution is 5.12. The summed E-state index contributed by atoms with van der Waals surface area (Å²) in [6.45, 7) is 8.08. The van der Waals surface area contributed by atoms with Crippen LogP contribution in [-0.4, -0.2) is 85.3 Å². The van der Waals surface area contributed by atoms with Crippen molar-refractivity contribution < 1.29 is 4.74 Å². The van der Waals surface area contributed by atoms with Crippen LogP contribution in [0.15, 0.2) is 0 Å². The summed E-state index contributed by atoms with van der Waals surface area (Å²) in [7, 11) is 2.28. The molecule has 4 fully saturated rings. The van der Waals surface area contributed by atoms with Gasteiger partial charge in [-0.1, -0.05) is 12.8 Å². The van der Waals surface area contributed by atoms with E-state index in [0.29, 0.717) is 11.6 Å². The van der Waals surface area contributed by atoms with Gasteiger partial charge in [-0.2, -0.15) is 0 Å². The van der Waals surface area contributed by atoms with E-state index in [1.807, 2.05) is 0 Å². The number of ether oxygens (including phenoxy) is 1. The largest absolute Gasteiger partial charge is 0.378 e. The van der Waals surface area contributed by atoms with Crippen molar-refractivity contribution in [3.63, 3.8) is 0 Å². The Bertz CT molecular complexity index is 336. The zero-order chi connectivity index (χ0) is 12.9. The fourth-order valence-electron chi connectivity index (χ4n) is 4.97. The second kappa shape index (κ2) is 4.69. The van der Waals surface area contributed by atoms with Gasteiger partial charge in [0.1, 0.15) is 0 Å². The molecule has 3 saturated heterocycles. The van der Waals surface area contributed by atoms with Crippen LogP contribution in [0.2, 0.25) is 0 Å². The van der Waals surface area contributed by atoms with Crippen LogP contribution in [-0.2, 0) is 4.74 Å². The number of hydrogen-bond acceptors (Lipinski definition) is 4. The minimum Gasteiger partial charge on any atom is -0.378 e. The lowest BCUT2D eigenvalue weighted by molar-refractivity contribution is -0.169. The van der Waals surface area contributed by atoms with Gasteiger partial charge in [-0.25, -0.2) is 0 Å². The van der Waals surface area contributed by atoms with Crippen LogP contribution < -0.4 is 0 Å². The van der Waals surface area contributed by atoms with Crippen molar-refractivity contribution in [2.45, 2.75) is 43.3 Å². The lowest BCUT2D eigenvalue weighted by atomic mass is 9.81. The van der Waals surface area contributed by atoms with E-state index in [0.717, 1.165) is 25.8 Å². The van der Waals surface area contributed by atoms with Gasteiger partial charge in [-0.3, -0.25) is 9.80 Å². The molecule has 0 aromatic rings. The molecule has 3 heterocycles. The van der Waals surface area contributed by atoms with E-state index in [4.69, 9.17) is 4.74 Å². The molecule has 0 N–H and O–H groups in total. The van der Waals surface area contributed by atoms with Gasteiger partial charge in [-0.05, 0) is 19.9 Å². The van der Waals surface area contributed by atoms with E-state index in [9.17, 15) is 0 Å². The molecular weight excluding hydrogens is 238 g/mol. The van der Waals surface area contributed by atoms with Crippen LogP contribution in [0, 0.1) is 0 Å². The Labute approximate surface area is 116 Å². The predicted molar refractivity (Wildman–Crippen MR) is 75.4 cm³/mol. The minimum absolute atomic E-state index is 0.448. The van der Waals surface area contributed by atoms with E-state index in [-0.39, 0.29) is 0 Å². The van der Waals surface area contributed by atoms with Crippen molar-refractivity contribution >= 4 is 0 Å². The highest BCUT2D eigenvalue weighted by Crippen LogP contribution is 2.38. The van der Waals surface area contributed by atoms with Gasteiger partial charge in [0.05, 0.1) is 18.8 Å². The molecule has 3 aliphatic heterocycles. The molecule has 4 nitrogen and oxygen atoms in total. The van der Waals surface area contributed by atoms with Gasteiger partial charge in [0.15, 0.2) is 0 Å². The molecule has 1 atom stereocenters. The summed E-state index contributed by atoms with van der Waals surface area (Å²) < 4.78 is 5.69. The lowest BCUT2D eigenvalue weighted by Crippen LogP contribution is -2.81. The summed E-state index contributed by atoms with van der Waals surface area (Å²) in [5.74, 6) is 0. The Morgan fingerprint density at radius 3 is 2.63 bits per heavy atom. The van der Waals surface area contributed by atoms with E-state index in [2.05, 4.69) is 21.7 Å². The Morgan fingerprint density at radius 2 is 1.84 bits per heavy atom. The summed E-state index contributed by atoms with van der Waals surface area (Å²) in [4.78, 5) is 8.09. The molecule has 19 heavy (non-hydrogen) atoms. The fraction of sp³-hybridized carbons (Fsp3) is 1.00. The number of likely N-dealkylation sites (N-methyl/N-ethyl adjacent to an activating group) is 1. The Balaban J connectivity index is 1.47. The first-order valence-corrected chi connectivity index (χ1v) is 8.04. The monoisotopic (exact) mass is 265 g/mol. The third kappa shape index (κ3) is 2.04. The predicted octanol–water partition coefficient (Wildman–Crippen LogP) is 0.630. The Kier molecular flexibility index (Phi) is 3.10. The number of hydrogen-bond donors (Lipinski definition) is 0. The van der Waals surface area contributed by atoms with Crippen molar-refractivity contribution in [2.24, 2.45) is 0 Å². The Hall–Kier alpha value is -0.160. The third-order valence-corrected chi connectivity index (χ3v) is 5.76. The smallest absolute Gasteiger partial charge is 0.0635 e. The lowest BCUT2D eigenvalue weighted by Gasteiger charge is -2.64. The molecule has 4 aliphatic rings. The molecule has 0 bridgehead atoms. The van der Waals surface area contributed by atoms with Gasteiger partial charge in [0.2, 0.25) is 0 Å². The molecule has 0 aromatic carbocycles. The maximum absolute atomic E-state index is 5.69. The number of likely N-dealkylation sites (tertiary alicyclic amines) is 1. The fourth-order valence-corrected chi connectivity index (χ4v) is 4.97. The van der Waals surface area contributed by atoms with Gasteiger partial charge < -0.3 is 9.64 Å². The van der Waals surface area contributed by atoms with Gasteiger partial charge in [0.25, 0.3) is 0 Å². The average Bonchev–Trinajstić information content (AvgIpc) is 2.88. The zero-order valence-electron chi connectivity index (χ0n) is 12.2. The van der Waals surface area contributed by atoms with Crippen molar-refractivity contribution in [3.8, 4) is 0 Å². The number of rotatable bonds is 1. The first-order chi connectivity index (χ1) is 9.27. The number of fused-ring (bicyclic) bond motifs is 2. The number of morpholine rings is 1. The first kappa shape index (κ1) is 12.6. The highest BCUT2D eigenvalue weighted by atomic mass is 16.5. The first-order valence-electron chi connectivity index (χ1n) is 8.04. The molecule has 1 spiro atoms. The second-order valence-corrected chi connectivity index (χ2v) is 7.19. The molecule has 0 radical (unpaired) electrons. The van der Waals surface area contributed by atoms with Crippen molar-refractivity contribution in [3.05, 3.63) is 0 Å². The second-order valence-electron chi connectivity index (χ2n) is 7.19. The van der Waals surface area contributed by atoms with Crippen LogP contribution in [0.25, 0.3) is 0 Å². The van der Waals surface area contributed by atoms with E-state index in [1.165, 1.54) is 51.9 Å². The third-order valence-electron chi connectivity index (χ3n) is 5.76. The van der Waals surface area contributed by atoms with Crippen molar-refractivity contribution in [2.75, 3.05) is 53.0 Å². The molecule has 1 aliphatic carbocycles. The highest BCUT2D eigenvalue weighted by Gasteiger charge is 2.54. The summed E-state index contributed by atoms with van der Waals surface area (Å²) in [6.07, 6.45) is 5.79. The van der Waals surface area contributed by atoms with Crippen LogP contribution in [0.1, 0.15) is 25.7 Å². The molecule has 0 amide bonds. The molecule has 4 heteroatoms. The average molecular weight is 265 g/mol. The zero-order valence-corrected chi connectivity index (χ0v) is 12.2. The van der Waals surface area contributed by atoms with E-state index < -0.39 is 0 Å². The molecule has 1 saturated carbocycles. The van der Waals surface area contributed by atoms with Gasteiger partial charge in [0, 0.05) is 44.8 Å². The standard InChI is InChI=1S/C15H27N3O/c1-16-8-14-9-19-7-6-18(14)15(10-16)11-17(12-15)13-4-2-3-5-13/h13-14H,2-12H2,1H3. The molecular formula is C15H27N3O. The summed E-state index contributed by atoms with van der Waals surface area (Å²) in [5, 5.41) is 0. The maximum atomic E-state index is 5.69. The summed E-state index contributed by atoms with van der Waals surface area (Å²) in [6, 6.07) is 1.54. The van der Waals surface area contributed by atoms with Crippen molar-refractivity contribution in [1.82, 2.24) is 14.7 Å². The maximum Gasteiger partial charge on any atom is 0.0635 e. The number of piperazine rings is 1. The summed E-state index contributed by atoms with van der Waals surface area (Å²) in [5.41, 5.74) is 0.448. The van der Waals surface area contributed by atoms with Gasteiger partial charge in [-0.15, -0.1) is 0 Å². The molecule has 108 valence electrons. The quantitative estimate of drug-likeness (QED) is 0.692. The van der Waals surface area contributed by atoms with Gasteiger partial charge >= 0.3 is 0 Å². The molecule has 4 rings (SSSR count). The minimum atomic E-state index is 0.448.